The van der Waals surface area contributed by atoms with Crippen molar-refractivity contribution in [3.63, 3.8) is 0 Å². The van der Waals surface area contributed by atoms with Crippen LogP contribution in [0.2, 0.25) is 13.1 Å². The zero-order valence-corrected chi connectivity index (χ0v) is 15.6. The van der Waals surface area contributed by atoms with Crippen LogP contribution in [0.1, 0.15) is 20.3 Å². The third kappa shape index (κ3) is 3.82. The van der Waals surface area contributed by atoms with Crippen molar-refractivity contribution in [1.82, 2.24) is 0 Å². The van der Waals surface area contributed by atoms with Gasteiger partial charge in [0.2, 0.25) is 8.32 Å². The highest BCUT2D eigenvalue weighted by atomic mass is 28.4. The van der Waals surface area contributed by atoms with Crippen molar-refractivity contribution in [1.29, 1.82) is 0 Å². The molecule has 1 unspecified atom stereocenters. The molecule has 0 amide bonds. The fourth-order valence-corrected chi connectivity index (χ4v) is 4.03. The van der Waals surface area contributed by atoms with Gasteiger partial charge < -0.3 is 8.85 Å². The molecule has 2 nitrogen and oxygen atoms in total. The zero-order valence-electron chi connectivity index (χ0n) is 12.6. The molecule has 0 saturated heterocycles. The standard InChI is InChI=1S/C10H18F8O2Si2/c1-5-6(22(3,4)20-21)19-10(17,18)9(15,16)8(13,14)7(2,11)12/h6H,5H2,1-4,21H3. The molecule has 134 valence electrons. The highest BCUT2D eigenvalue weighted by Crippen LogP contribution is 2.53. The molecule has 0 aromatic rings. The smallest absolute Gasteiger partial charge is 0.426 e. The Morgan fingerprint density at radius 3 is 1.64 bits per heavy atom. The fraction of sp³-hybridized carbons (Fsp3) is 1.00. The summed E-state index contributed by atoms with van der Waals surface area (Å²) in [6.07, 6.45) is -6.00. The van der Waals surface area contributed by atoms with E-state index in [1.807, 2.05) is 0 Å². The molecular formula is C10H18F8O2Si2. The van der Waals surface area contributed by atoms with Crippen LogP contribution >= 0.6 is 0 Å². The van der Waals surface area contributed by atoms with Gasteiger partial charge in [-0.3, -0.25) is 0 Å². The lowest BCUT2D eigenvalue weighted by molar-refractivity contribution is -0.429. The lowest BCUT2D eigenvalue weighted by Gasteiger charge is -2.39. The Morgan fingerprint density at radius 1 is 0.955 bits per heavy atom. The van der Waals surface area contributed by atoms with E-state index < -0.39 is 44.8 Å². The third-order valence-electron chi connectivity index (χ3n) is 3.27. The summed E-state index contributed by atoms with van der Waals surface area (Å²) in [4.78, 5) is 0. The van der Waals surface area contributed by atoms with E-state index in [0.717, 1.165) is 0 Å². The quantitative estimate of drug-likeness (QED) is 0.476. The second kappa shape index (κ2) is 6.36. The van der Waals surface area contributed by atoms with Gasteiger partial charge in [0.05, 0.1) is 5.73 Å². The zero-order chi connectivity index (χ0) is 18.2. The molecule has 0 heterocycles. The SMILES string of the molecule is CCC(OC(F)(F)C(F)(F)C(F)(F)C(C)(F)F)[Si](C)(C)O[SiH3]. The van der Waals surface area contributed by atoms with E-state index in [1.165, 1.54) is 20.0 Å². The first kappa shape index (κ1) is 21.8. The molecule has 0 rings (SSSR count). The van der Waals surface area contributed by atoms with E-state index >= 15 is 0 Å². The van der Waals surface area contributed by atoms with Gasteiger partial charge in [-0.05, 0) is 19.5 Å². The van der Waals surface area contributed by atoms with Gasteiger partial charge in [0.15, 0.2) is 0 Å². The summed E-state index contributed by atoms with van der Waals surface area (Å²) < 4.78 is 114. The maximum absolute atomic E-state index is 13.5. The molecule has 0 saturated carbocycles. The highest BCUT2D eigenvalue weighted by molar-refractivity contribution is 6.74. The Balaban J connectivity index is 5.63. The summed E-state index contributed by atoms with van der Waals surface area (Å²) in [5.41, 5.74) is -1.56. The van der Waals surface area contributed by atoms with Gasteiger partial charge in [0.1, 0.15) is 10.5 Å². The normalized spacial score (nSPS) is 16.9. The van der Waals surface area contributed by atoms with Crippen molar-refractivity contribution in [2.45, 2.75) is 63.0 Å². The van der Waals surface area contributed by atoms with E-state index in [-0.39, 0.29) is 16.9 Å². The molecule has 0 aliphatic rings. The van der Waals surface area contributed by atoms with Gasteiger partial charge in [0.25, 0.3) is 0 Å². The lowest BCUT2D eigenvalue weighted by Crippen LogP contribution is -2.64. The highest BCUT2D eigenvalue weighted by Gasteiger charge is 2.80. The van der Waals surface area contributed by atoms with Gasteiger partial charge in [-0.25, -0.2) is 0 Å². The van der Waals surface area contributed by atoms with Crippen LogP contribution in [-0.4, -0.2) is 48.4 Å². The predicted molar refractivity (Wildman–Crippen MR) is 69.1 cm³/mol. The van der Waals surface area contributed by atoms with Crippen LogP contribution in [0.25, 0.3) is 0 Å². The van der Waals surface area contributed by atoms with Crippen LogP contribution < -0.4 is 0 Å². The molecule has 0 aliphatic heterocycles. The monoisotopic (exact) mass is 378 g/mol. The molecule has 0 radical (unpaired) electrons. The van der Waals surface area contributed by atoms with Gasteiger partial charge in [0, 0.05) is 6.92 Å². The Hall–Kier alpha value is -0.206. The fourth-order valence-electron chi connectivity index (χ4n) is 1.56. The van der Waals surface area contributed by atoms with Crippen molar-refractivity contribution in [3.8, 4) is 0 Å². The third-order valence-corrected chi connectivity index (χ3v) is 9.56. The minimum Gasteiger partial charge on any atom is -0.462 e. The van der Waals surface area contributed by atoms with Gasteiger partial charge in [-0.1, -0.05) is 6.92 Å². The number of alkyl halides is 8. The van der Waals surface area contributed by atoms with E-state index in [0.29, 0.717) is 0 Å². The molecule has 12 heteroatoms. The average Bonchev–Trinajstić information content (AvgIpc) is 2.33. The first-order valence-electron chi connectivity index (χ1n) is 6.22. The van der Waals surface area contributed by atoms with Crippen molar-refractivity contribution < 1.29 is 44.0 Å². The summed E-state index contributed by atoms with van der Waals surface area (Å²) >= 11 is 0. The second-order valence-electron chi connectivity index (χ2n) is 5.38. The summed E-state index contributed by atoms with van der Waals surface area (Å²) in [6, 6.07) is 0. The summed E-state index contributed by atoms with van der Waals surface area (Å²) in [7, 11) is -2.91. The minimum atomic E-state index is -6.39. The number of hydrogen-bond donors (Lipinski definition) is 0. The Morgan fingerprint density at radius 2 is 1.36 bits per heavy atom. The first-order chi connectivity index (χ1) is 9.48. The molecule has 0 fully saturated rings. The summed E-state index contributed by atoms with van der Waals surface area (Å²) in [5.74, 6) is -18.0. The van der Waals surface area contributed by atoms with Crippen LogP contribution in [0, 0.1) is 0 Å². The van der Waals surface area contributed by atoms with E-state index in [4.69, 9.17) is 4.12 Å². The Kier molecular flexibility index (Phi) is 6.30. The van der Waals surface area contributed by atoms with E-state index in [1.54, 1.807) is 0 Å². The molecule has 0 spiro atoms. The molecule has 1 atom stereocenters. The first-order valence-corrected chi connectivity index (χ1v) is 10.0. The van der Waals surface area contributed by atoms with Crippen molar-refractivity contribution >= 4 is 18.8 Å². The van der Waals surface area contributed by atoms with Crippen LogP contribution in [0.3, 0.4) is 0 Å². The maximum atomic E-state index is 13.5. The van der Waals surface area contributed by atoms with Crippen molar-refractivity contribution in [2.75, 3.05) is 0 Å². The van der Waals surface area contributed by atoms with Gasteiger partial charge in [-0.15, -0.1) is 0 Å². The maximum Gasteiger partial charge on any atom is 0.426 e. The predicted octanol–water partition coefficient (Wildman–Crippen LogP) is 3.34. The molecule has 0 aromatic carbocycles. The molecule has 0 bridgehead atoms. The number of hydrogen-bond acceptors (Lipinski definition) is 2. The number of halogens is 8. The van der Waals surface area contributed by atoms with Crippen LogP contribution in [0.15, 0.2) is 0 Å². The topological polar surface area (TPSA) is 18.5 Å². The second-order valence-corrected chi connectivity index (χ2v) is 10.9. The summed E-state index contributed by atoms with van der Waals surface area (Å²) in [6.45, 7) is 3.48. The molecule has 0 aliphatic carbocycles. The van der Waals surface area contributed by atoms with Crippen LogP contribution in [0.4, 0.5) is 35.1 Å². The number of rotatable bonds is 8. The Labute approximate surface area is 126 Å². The van der Waals surface area contributed by atoms with Crippen LogP contribution in [0.5, 0.6) is 0 Å². The van der Waals surface area contributed by atoms with Crippen LogP contribution in [-0.2, 0) is 8.85 Å². The summed E-state index contributed by atoms with van der Waals surface area (Å²) in [5, 5.41) is 0. The average molecular weight is 378 g/mol. The van der Waals surface area contributed by atoms with Crippen molar-refractivity contribution in [3.05, 3.63) is 0 Å². The largest absolute Gasteiger partial charge is 0.462 e. The molecule has 22 heavy (non-hydrogen) atoms. The minimum absolute atomic E-state index is 0.0954. The van der Waals surface area contributed by atoms with E-state index in [9.17, 15) is 35.1 Å². The number of ether oxygens (including phenoxy) is 1. The molecule has 0 aromatic heterocycles. The Bertz CT molecular complexity index is 384. The lowest BCUT2D eigenvalue weighted by atomic mass is 10.1. The van der Waals surface area contributed by atoms with E-state index in [2.05, 4.69) is 4.74 Å². The molecule has 0 N–H and O–H groups in total. The van der Waals surface area contributed by atoms with Gasteiger partial charge >= 0.3 is 23.9 Å². The molecular weight excluding hydrogens is 360 g/mol. The van der Waals surface area contributed by atoms with Crippen molar-refractivity contribution in [2.24, 2.45) is 0 Å². The van der Waals surface area contributed by atoms with Gasteiger partial charge in [-0.2, -0.15) is 35.1 Å².